The first-order valence-electron chi connectivity index (χ1n) is 11.9. The Morgan fingerprint density at radius 3 is 1.46 bits per heavy atom. The van der Waals surface area contributed by atoms with Crippen LogP contribution in [0.4, 0.5) is 0 Å². The second kappa shape index (κ2) is 22.6. The number of carbonyl (C=O) groups is 1. The first-order valence-corrected chi connectivity index (χ1v) is 11.9. The fraction of sp³-hybridized carbons (Fsp3) is 0.957. The summed E-state index contributed by atoms with van der Waals surface area (Å²) in [5, 5.41) is 20.8. The van der Waals surface area contributed by atoms with Gasteiger partial charge in [0.2, 0.25) is 5.91 Å². The molecule has 0 aromatic carbocycles. The van der Waals surface area contributed by atoms with Crippen molar-refractivity contribution in [2.24, 2.45) is 0 Å². The summed E-state index contributed by atoms with van der Waals surface area (Å²) in [7, 11) is 0. The number of nitrogens with zero attached hydrogens (tertiary/aromatic N) is 1. The third kappa shape index (κ3) is 20.1. The van der Waals surface area contributed by atoms with Crippen molar-refractivity contribution in [2.45, 2.75) is 110 Å². The van der Waals surface area contributed by atoms with Gasteiger partial charge in [-0.15, -0.1) is 0 Å². The van der Waals surface area contributed by atoms with Gasteiger partial charge in [-0.25, -0.2) is 0 Å². The van der Waals surface area contributed by atoms with E-state index in [1.807, 2.05) is 4.90 Å². The molecule has 0 radical (unpaired) electrons. The van der Waals surface area contributed by atoms with Crippen molar-refractivity contribution in [3.8, 4) is 0 Å². The number of aliphatic hydroxyl groups is 2. The zero-order chi connectivity index (χ0) is 20.7. The number of amides is 1. The average Bonchev–Trinajstić information content (AvgIpc) is 2.69. The minimum Gasteiger partial charge on any atom is -0.395 e. The summed E-state index contributed by atoms with van der Waals surface area (Å²) in [6, 6.07) is 0. The Morgan fingerprint density at radius 2 is 1.07 bits per heavy atom. The first-order chi connectivity index (χ1) is 13.7. The molecule has 0 fully saturated rings. The fourth-order valence-corrected chi connectivity index (χ4v) is 3.50. The number of nitrogens with one attached hydrogen (secondary N) is 1. The van der Waals surface area contributed by atoms with Gasteiger partial charge in [0.1, 0.15) is 0 Å². The Kier molecular flexibility index (Phi) is 22.1. The standard InChI is InChI=1S/C23H48N2O3/c1-2-3-4-5-6-7-8-9-10-11-12-13-14-15-16-17-23(28)24-22-25(18-20-26)19-21-27/h26-27H,2-22H2,1H3,(H,24,28). The van der Waals surface area contributed by atoms with Crippen molar-refractivity contribution >= 4 is 5.91 Å². The monoisotopic (exact) mass is 400 g/mol. The highest BCUT2D eigenvalue weighted by Crippen LogP contribution is 2.13. The van der Waals surface area contributed by atoms with Crippen molar-refractivity contribution in [3.63, 3.8) is 0 Å². The Balaban J connectivity index is 3.29. The van der Waals surface area contributed by atoms with Crippen molar-refractivity contribution in [2.75, 3.05) is 33.0 Å². The third-order valence-corrected chi connectivity index (χ3v) is 5.34. The molecule has 0 spiro atoms. The van der Waals surface area contributed by atoms with Crippen LogP contribution in [-0.4, -0.2) is 54.0 Å². The summed E-state index contributed by atoms with van der Waals surface area (Å²) in [5.74, 6) is 0.0653. The van der Waals surface area contributed by atoms with E-state index in [1.165, 1.54) is 83.5 Å². The zero-order valence-corrected chi connectivity index (χ0v) is 18.6. The summed E-state index contributed by atoms with van der Waals surface area (Å²) < 4.78 is 0. The van der Waals surface area contributed by atoms with E-state index in [-0.39, 0.29) is 19.1 Å². The van der Waals surface area contributed by atoms with Gasteiger partial charge < -0.3 is 15.5 Å². The summed E-state index contributed by atoms with van der Waals surface area (Å²) >= 11 is 0. The van der Waals surface area contributed by atoms with Gasteiger partial charge in [-0.1, -0.05) is 96.8 Å². The molecule has 0 bridgehead atoms. The molecule has 0 aromatic rings. The van der Waals surface area contributed by atoms with Crippen LogP contribution in [0.25, 0.3) is 0 Å². The van der Waals surface area contributed by atoms with Crippen molar-refractivity contribution < 1.29 is 15.0 Å². The Hall–Kier alpha value is -0.650. The molecule has 0 aliphatic heterocycles. The van der Waals surface area contributed by atoms with E-state index < -0.39 is 0 Å². The molecule has 0 saturated heterocycles. The fourth-order valence-electron chi connectivity index (χ4n) is 3.50. The molecular formula is C23H48N2O3. The summed E-state index contributed by atoms with van der Waals surface area (Å²) in [4.78, 5) is 13.7. The molecule has 0 saturated carbocycles. The largest absolute Gasteiger partial charge is 0.395 e. The number of hydrogen-bond donors (Lipinski definition) is 3. The molecule has 168 valence electrons. The molecular weight excluding hydrogens is 352 g/mol. The number of aliphatic hydroxyl groups excluding tert-OH is 2. The van der Waals surface area contributed by atoms with Gasteiger partial charge in [0.25, 0.3) is 0 Å². The lowest BCUT2D eigenvalue weighted by Gasteiger charge is -2.20. The maximum atomic E-state index is 11.8. The summed E-state index contributed by atoms with van der Waals surface area (Å²) in [6.45, 7) is 3.69. The third-order valence-electron chi connectivity index (χ3n) is 5.34. The molecule has 28 heavy (non-hydrogen) atoms. The van der Waals surface area contributed by atoms with Gasteiger partial charge in [0.05, 0.1) is 19.9 Å². The second-order valence-corrected chi connectivity index (χ2v) is 8.02. The van der Waals surface area contributed by atoms with Crippen LogP contribution in [0.5, 0.6) is 0 Å². The molecule has 0 unspecified atom stereocenters. The molecule has 0 heterocycles. The van der Waals surface area contributed by atoms with Gasteiger partial charge in [-0.2, -0.15) is 0 Å². The maximum absolute atomic E-state index is 11.8. The van der Waals surface area contributed by atoms with Crippen LogP contribution >= 0.6 is 0 Å². The van der Waals surface area contributed by atoms with E-state index in [2.05, 4.69) is 12.2 Å². The molecule has 0 aliphatic rings. The molecule has 5 heteroatoms. The van der Waals surface area contributed by atoms with E-state index in [0.717, 1.165) is 12.8 Å². The number of unbranched alkanes of at least 4 members (excludes halogenated alkanes) is 14. The van der Waals surface area contributed by atoms with E-state index in [0.29, 0.717) is 26.2 Å². The van der Waals surface area contributed by atoms with E-state index in [1.54, 1.807) is 0 Å². The summed E-state index contributed by atoms with van der Waals surface area (Å²) in [6.07, 6.45) is 20.5. The van der Waals surface area contributed by atoms with Gasteiger partial charge in [0, 0.05) is 19.5 Å². The van der Waals surface area contributed by atoms with E-state index >= 15 is 0 Å². The highest BCUT2D eigenvalue weighted by atomic mass is 16.3. The smallest absolute Gasteiger partial charge is 0.220 e. The lowest BCUT2D eigenvalue weighted by atomic mass is 10.0. The van der Waals surface area contributed by atoms with E-state index in [9.17, 15) is 4.79 Å². The SMILES string of the molecule is CCCCCCCCCCCCCCCCCC(=O)NCN(CCO)CCO. The minimum absolute atomic E-state index is 0.0366. The first kappa shape index (κ1) is 27.4. The van der Waals surface area contributed by atoms with Crippen LogP contribution < -0.4 is 5.32 Å². The van der Waals surface area contributed by atoms with Crippen LogP contribution in [-0.2, 0) is 4.79 Å². The van der Waals surface area contributed by atoms with Crippen LogP contribution in [0.3, 0.4) is 0 Å². The van der Waals surface area contributed by atoms with Crippen LogP contribution in [0, 0.1) is 0 Å². The number of carbonyl (C=O) groups excluding carboxylic acids is 1. The minimum atomic E-state index is 0.0366. The second-order valence-electron chi connectivity index (χ2n) is 8.02. The molecule has 0 atom stereocenters. The highest BCUT2D eigenvalue weighted by Gasteiger charge is 2.06. The van der Waals surface area contributed by atoms with Gasteiger partial charge in [-0.3, -0.25) is 9.69 Å². The van der Waals surface area contributed by atoms with Gasteiger partial charge in [0.15, 0.2) is 0 Å². The molecule has 0 rings (SSSR count). The van der Waals surface area contributed by atoms with Crippen LogP contribution in [0.1, 0.15) is 110 Å². The Labute approximate surface area is 174 Å². The molecule has 5 nitrogen and oxygen atoms in total. The van der Waals surface area contributed by atoms with Gasteiger partial charge in [-0.05, 0) is 6.42 Å². The topological polar surface area (TPSA) is 72.8 Å². The zero-order valence-electron chi connectivity index (χ0n) is 18.6. The van der Waals surface area contributed by atoms with Crippen molar-refractivity contribution in [1.82, 2.24) is 10.2 Å². The Morgan fingerprint density at radius 1 is 0.679 bits per heavy atom. The maximum Gasteiger partial charge on any atom is 0.220 e. The van der Waals surface area contributed by atoms with Crippen molar-refractivity contribution in [3.05, 3.63) is 0 Å². The molecule has 0 aliphatic carbocycles. The predicted octanol–water partition coefficient (Wildman–Crippen LogP) is 4.61. The lowest BCUT2D eigenvalue weighted by molar-refractivity contribution is -0.122. The predicted molar refractivity (Wildman–Crippen MR) is 118 cm³/mol. The number of hydrogen-bond acceptors (Lipinski definition) is 4. The molecule has 0 aromatic heterocycles. The quantitative estimate of drug-likeness (QED) is 0.183. The lowest BCUT2D eigenvalue weighted by Crippen LogP contribution is -2.40. The van der Waals surface area contributed by atoms with Crippen LogP contribution in [0.2, 0.25) is 0 Å². The highest BCUT2D eigenvalue weighted by molar-refractivity contribution is 5.75. The van der Waals surface area contributed by atoms with E-state index in [4.69, 9.17) is 10.2 Å². The molecule has 3 N–H and O–H groups in total. The van der Waals surface area contributed by atoms with Crippen molar-refractivity contribution in [1.29, 1.82) is 0 Å². The number of rotatable bonds is 22. The Bertz CT molecular complexity index is 321. The normalized spacial score (nSPS) is 11.3. The van der Waals surface area contributed by atoms with Crippen LogP contribution in [0.15, 0.2) is 0 Å². The summed E-state index contributed by atoms with van der Waals surface area (Å²) in [5.41, 5.74) is 0. The molecule has 1 amide bonds. The van der Waals surface area contributed by atoms with Gasteiger partial charge >= 0.3 is 0 Å². The average molecular weight is 401 g/mol.